The van der Waals surface area contributed by atoms with Gasteiger partial charge in [-0.25, -0.2) is 4.79 Å². The van der Waals surface area contributed by atoms with Crippen molar-refractivity contribution in [1.29, 1.82) is 0 Å². The summed E-state index contributed by atoms with van der Waals surface area (Å²) in [4.78, 5) is 24.1. The Labute approximate surface area is 151 Å². The van der Waals surface area contributed by atoms with Crippen LogP contribution in [-0.4, -0.2) is 16.9 Å². The highest BCUT2D eigenvalue weighted by molar-refractivity contribution is 6.02. The molecule has 0 spiro atoms. The number of rotatable bonds is 5. The van der Waals surface area contributed by atoms with Crippen molar-refractivity contribution < 1.29 is 14.7 Å². The Hall–Kier alpha value is -3.20. The first-order valence-electron chi connectivity index (χ1n) is 8.64. The second-order valence-corrected chi connectivity index (χ2v) is 6.65. The minimum absolute atomic E-state index is 0.0737. The molecule has 0 bridgehead atoms. The van der Waals surface area contributed by atoms with Gasteiger partial charge in [0.2, 0.25) is 0 Å². The summed E-state index contributed by atoms with van der Waals surface area (Å²) in [5, 5.41) is 9.03. The van der Waals surface area contributed by atoms with Crippen molar-refractivity contribution in [1.82, 2.24) is 0 Å². The number of carboxylic acids is 1. The van der Waals surface area contributed by atoms with Gasteiger partial charge in [0.15, 0.2) is 5.78 Å². The van der Waals surface area contributed by atoms with Gasteiger partial charge in [0, 0.05) is 23.3 Å². The molecule has 128 valence electrons. The van der Waals surface area contributed by atoms with E-state index in [1.54, 1.807) is 12.1 Å². The molecule has 0 aliphatic heterocycles. The maximum Gasteiger partial charge on any atom is 0.335 e. The Bertz CT molecular complexity index is 885. The Morgan fingerprint density at radius 3 is 1.46 bits per heavy atom. The smallest absolute Gasteiger partial charge is 0.335 e. The fourth-order valence-electron chi connectivity index (χ4n) is 3.79. The van der Waals surface area contributed by atoms with Gasteiger partial charge in [0.25, 0.3) is 0 Å². The molecule has 3 nitrogen and oxygen atoms in total. The SMILES string of the molecule is O=C(O)c1ccc(C(=O)C2[C@@H](c3ccccc3)[C@@H]2c2ccccc2)cc1. The summed E-state index contributed by atoms with van der Waals surface area (Å²) in [5.74, 6) is -0.713. The van der Waals surface area contributed by atoms with Gasteiger partial charge in [-0.15, -0.1) is 0 Å². The zero-order valence-corrected chi connectivity index (χ0v) is 14.1. The molecular weight excluding hydrogens is 324 g/mol. The van der Waals surface area contributed by atoms with Crippen LogP contribution in [0.4, 0.5) is 0 Å². The number of Topliss-reactive ketones (excluding diaryl/α,β-unsaturated/α-hetero) is 1. The molecule has 1 saturated carbocycles. The van der Waals surface area contributed by atoms with Crippen LogP contribution in [0.1, 0.15) is 43.7 Å². The number of hydrogen-bond acceptors (Lipinski definition) is 2. The molecule has 0 unspecified atom stereocenters. The molecule has 4 rings (SSSR count). The first-order valence-corrected chi connectivity index (χ1v) is 8.64. The lowest BCUT2D eigenvalue weighted by molar-refractivity contribution is 0.0696. The van der Waals surface area contributed by atoms with E-state index in [-0.39, 0.29) is 29.1 Å². The van der Waals surface area contributed by atoms with Gasteiger partial charge >= 0.3 is 5.97 Å². The van der Waals surface area contributed by atoms with Crippen LogP contribution in [-0.2, 0) is 0 Å². The number of carbonyl (C=O) groups excluding carboxylic acids is 1. The van der Waals surface area contributed by atoms with Crippen LogP contribution >= 0.6 is 0 Å². The number of aromatic carboxylic acids is 1. The van der Waals surface area contributed by atoms with E-state index in [2.05, 4.69) is 24.3 Å². The van der Waals surface area contributed by atoms with E-state index in [1.807, 2.05) is 36.4 Å². The Balaban J connectivity index is 1.66. The molecule has 0 amide bonds. The molecule has 26 heavy (non-hydrogen) atoms. The highest BCUT2D eigenvalue weighted by atomic mass is 16.4. The molecule has 0 saturated heterocycles. The lowest BCUT2D eigenvalue weighted by atomic mass is 10.0. The quantitative estimate of drug-likeness (QED) is 0.680. The van der Waals surface area contributed by atoms with Crippen molar-refractivity contribution in [2.45, 2.75) is 11.8 Å². The minimum Gasteiger partial charge on any atom is -0.478 e. The molecule has 3 heteroatoms. The predicted octanol–water partition coefficient (Wildman–Crippen LogP) is 4.76. The van der Waals surface area contributed by atoms with Crippen molar-refractivity contribution in [2.24, 2.45) is 5.92 Å². The fourth-order valence-corrected chi connectivity index (χ4v) is 3.79. The first-order chi connectivity index (χ1) is 12.7. The van der Waals surface area contributed by atoms with Crippen LogP contribution in [0.5, 0.6) is 0 Å². The number of carboxylic acid groups (broad SMARTS) is 1. The summed E-state index contributed by atoms with van der Waals surface area (Å²) in [5.41, 5.74) is 3.10. The molecule has 3 aromatic carbocycles. The maximum absolute atomic E-state index is 13.1. The average molecular weight is 342 g/mol. The third-order valence-electron chi connectivity index (χ3n) is 5.11. The molecule has 3 aromatic rings. The van der Waals surface area contributed by atoms with Crippen molar-refractivity contribution in [3.63, 3.8) is 0 Å². The molecule has 2 atom stereocenters. The van der Waals surface area contributed by atoms with E-state index < -0.39 is 5.97 Å². The van der Waals surface area contributed by atoms with Crippen molar-refractivity contribution >= 4 is 11.8 Å². The summed E-state index contributed by atoms with van der Waals surface area (Å²) in [6.07, 6.45) is 0. The molecule has 1 aliphatic rings. The lowest BCUT2D eigenvalue weighted by Gasteiger charge is -2.02. The molecule has 1 N–H and O–H groups in total. The van der Waals surface area contributed by atoms with Crippen LogP contribution in [0.25, 0.3) is 0 Å². The molecular formula is C23H18O3. The summed E-state index contributed by atoms with van der Waals surface area (Å²) in [6, 6.07) is 26.5. The third kappa shape index (κ3) is 2.92. The summed E-state index contributed by atoms with van der Waals surface area (Å²) < 4.78 is 0. The van der Waals surface area contributed by atoms with E-state index in [0.29, 0.717) is 5.56 Å². The zero-order valence-electron chi connectivity index (χ0n) is 14.1. The normalized spacial score (nSPS) is 21.2. The van der Waals surface area contributed by atoms with Crippen LogP contribution in [0, 0.1) is 5.92 Å². The Morgan fingerprint density at radius 1 is 0.615 bits per heavy atom. The van der Waals surface area contributed by atoms with Crippen molar-refractivity contribution in [3.8, 4) is 0 Å². The van der Waals surface area contributed by atoms with Gasteiger partial charge in [-0.05, 0) is 23.3 Å². The summed E-state index contributed by atoms with van der Waals surface area (Å²) in [7, 11) is 0. The van der Waals surface area contributed by atoms with Crippen LogP contribution < -0.4 is 0 Å². The van der Waals surface area contributed by atoms with Crippen LogP contribution in [0.15, 0.2) is 84.9 Å². The minimum atomic E-state index is -0.986. The first kappa shape index (κ1) is 16.3. The number of hydrogen-bond donors (Lipinski definition) is 1. The standard InChI is InChI=1S/C23H18O3/c24-22(17-11-13-18(14-12-17)23(25)26)21-19(15-7-3-1-4-8-15)20(21)16-9-5-2-6-10-16/h1-14,19-21H,(H,25,26)/t19-,20-/m0/s1. The molecule has 0 radical (unpaired) electrons. The zero-order chi connectivity index (χ0) is 18.1. The lowest BCUT2D eigenvalue weighted by Crippen LogP contribution is -2.05. The van der Waals surface area contributed by atoms with Crippen LogP contribution in [0.3, 0.4) is 0 Å². The Kier molecular flexibility index (Phi) is 4.13. The topological polar surface area (TPSA) is 54.4 Å². The predicted molar refractivity (Wildman–Crippen MR) is 99.6 cm³/mol. The van der Waals surface area contributed by atoms with Gasteiger partial charge in [-0.3, -0.25) is 4.79 Å². The summed E-state index contributed by atoms with van der Waals surface area (Å²) in [6.45, 7) is 0. The molecule has 0 heterocycles. The van der Waals surface area contributed by atoms with Gasteiger partial charge < -0.3 is 5.11 Å². The van der Waals surface area contributed by atoms with Gasteiger partial charge in [-0.2, -0.15) is 0 Å². The number of benzene rings is 3. The number of carbonyl (C=O) groups is 2. The van der Waals surface area contributed by atoms with E-state index >= 15 is 0 Å². The van der Waals surface area contributed by atoms with Crippen LogP contribution in [0.2, 0.25) is 0 Å². The highest BCUT2D eigenvalue weighted by Gasteiger charge is 2.55. The summed E-state index contributed by atoms with van der Waals surface area (Å²) >= 11 is 0. The van der Waals surface area contributed by atoms with Crippen molar-refractivity contribution in [3.05, 3.63) is 107 Å². The fraction of sp³-hybridized carbons (Fsp3) is 0.130. The van der Waals surface area contributed by atoms with Crippen molar-refractivity contribution in [2.75, 3.05) is 0 Å². The third-order valence-corrected chi connectivity index (χ3v) is 5.11. The molecule has 1 aliphatic carbocycles. The van der Waals surface area contributed by atoms with E-state index in [9.17, 15) is 9.59 Å². The molecule has 1 fully saturated rings. The van der Waals surface area contributed by atoms with Gasteiger partial charge in [-0.1, -0.05) is 72.8 Å². The largest absolute Gasteiger partial charge is 0.478 e. The maximum atomic E-state index is 13.1. The highest BCUT2D eigenvalue weighted by Crippen LogP contribution is 2.61. The van der Waals surface area contributed by atoms with E-state index in [0.717, 1.165) is 0 Å². The van der Waals surface area contributed by atoms with Gasteiger partial charge in [0.05, 0.1) is 5.56 Å². The second kappa shape index (κ2) is 6.60. The molecule has 0 aromatic heterocycles. The van der Waals surface area contributed by atoms with E-state index in [4.69, 9.17) is 5.11 Å². The van der Waals surface area contributed by atoms with Gasteiger partial charge in [0.1, 0.15) is 0 Å². The van der Waals surface area contributed by atoms with E-state index in [1.165, 1.54) is 23.3 Å². The average Bonchev–Trinajstić information content (AvgIpc) is 3.44. The Morgan fingerprint density at radius 2 is 1.04 bits per heavy atom. The number of ketones is 1. The monoisotopic (exact) mass is 342 g/mol. The second-order valence-electron chi connectivity index (χ2n) is 6.65.